The molecule has 0 saturated carbocycles. The molecule has 0 amide bonds. The Morgan fingerprint density at radius 2 is 2.29 bits per heavy atom. The Hall–Kier alpha value is -1.36. The number of anilines is 1. The minimum absolute atomic E-state index is 0.122. The van der Waals surface area contributed by atoms with E-state index in [0.717, 1.165) is 38.4 Å². The minimum Gasteiger partial charge on any atom is -0.474 e. The summed E-state index contributed by atoms with van der Waals surface area (Å²) in [4.78, 5) is 11.3. The van der Waals surface area contributed by atoms with E-state index in [1.807, 2.05) is 20.0 Å². The van der Waals surface area contributed by atoms with E-state index in [0.29, 0.717) is 11.8 Å². The molecule has 2 heterocycles. The number of piperidine rings is 1. The number of hydrogen-bond donors (Lipinski definition) is 1. The first-order valence-electron chi connectivity index (χ1n) is 8.13. The van der Waals surface area contributed by atoms with Crippen LogP contribution in [0, 0.1) is 5.92 Å². The molecule has 1 saturated heterocycles. The third kappa shape index (κ3) is 5.16. The van der Waals surface area contributed by atoms with Crippen molar-refractivity contribution in [2.45, 2.75) is 46.1 Å². The van der Waals surface area contributed by atoms with E-state index in [1.54, 1.807) is 6.20 Å². The molecule has 1 unspecified atom stereocenters. The third-order valence-electron chi connectivity index (χ3n) is 3.65. The minimum atomic E-state index is 0.122. The summed E-state index contributed by atoms with van der Waals surface area (Å²) < 4.78 is 5.66. The molecule has 1 aliphatic heterocycles. The first-order valence-corrected chi connectivity index (χ1v) is 8.13. The molecule has 0 aliphatic carbocycles. The molecule has 1 fully saturated rings. The van der Waals surface area contributed by atoms with Crippen molar-refractivity contribution in [1.29, 1.82) is 0 Å². The van der Waals surface area contributed by atoms with Crippen molar-refractivity contribution in [3.05, 3.63) is 12.4 Å². The van der Waals surface area contributed by atoms with Gasteiger partial charge in [0.1, 0.15) is 0 Å². The van der Waals surface area contributed by atoms with Gasteiger partial charge in [0.2, 0.25) is 5.88 Å². The Labute approximate surface area is 128 Å². The molecule has 0 radical (unpaired) electrons. The van der Waals surface area contributed by atoms with Crippen molar-refractivity contribution < 1.29 is 4.74 Å². The van der Waals surface area contributed by atoms with Gasteiger partial charge in [0.05, 0.1) is 18.5 Å². The Kier molecular flexibility index (Phi) is 6.23. The number of aromatic nitrogens is 2. The average Bonchev–Trinajstić information content (AvgIpc) is 2.47. The maximum absolute atomic E-state index is 5.66. The van der Waals surface area contributed by atoms with E-state index in [4.69, 9.17) is 4.74 Å². The Balaban J connectivity index is 2.05. The summed E-state index contributed by atoms with van der Waals surface area (Å²) in [5.41, 5.74) is 0. The third-order valence-corrected chi connectivity index (χ3v) is 3.65. The lowest BCUT2D eigenvalue weighted by atomic mass is 9.99. The summed E-state index contributed by atoms with van der Waals surface area (Å²) >= 11 is 0. The van der Waals surface area contributed by atoms with Gasteiger partial charge in [-0.2, -0.15) is 4.98 Å². The Morgan fingerprint density at radius 1 is 1.43 bits per heavy atom. The average molecular weight is 292 g/mol. The lowest BCUT2D eigenvalue weighted by Gasteiger charge is -2.30. The number of nitrogens with zero attached hydrogens (tertiary/aromatic N) is 3. The summed E-state index contributed by atoms with van der Waals surface area (Å²) in [6, 6.07) is 0. The highest BCUT2D eigenvalue weighted by molar-refractivity contribution is 5.37. The van der Waals surface area contributed by atoms with E-state index in [9.17, 15) is 0 Å². The lowest BCUT2D eigenvalue weighted by Crippen LogP contribution is -2.39. The highest BCUT2D eigenvalue weighted by Crippen LogP contribution is 2.19. The molecule has 1 aromatic heterocycles. The second-order valence-electron chi connectivity index (χ2n) is 6.04. The van der Waals surface area contributed by atoms with Crippen LogP contribution in [0.25, 0.3) is 0 Å². The van der Waals surface area contributed by atoms with Crippen LogP contribution in [0.4, 0.5) is 5.82 Å². The summed E-state index contributed by atoms with van der Waals surface area (Å²) in [5.74, 6) is 2.24. The van der Waals surface area contributed by atoms with Gasteiger partial charge in [0.15, 0.2) is 5.82 Å². The normalized spacial score (nSPS) is 18.8. The summed E-state index contributed by atoms with van der Waals surface area (Å²) in [5, 5.41) is 3.48. The van der Waals surface area contributed by atoms with E-state index < -0.39 is 0 Å². The molecule has 1 aliphatic rings. The molecule has 118 valence electrons. The van der Waals surface area contributed by atoms with Gasteiger partial charge < -0.3 is 15.0 Å². The zero-order valence-corrected chi connectivity index (χ0v) is 13.5. The van der Waals surface area contributed by atoms with Crippen molar-refractivity contribution in [3.63, 3.8) is 0 Å². The van der Waals surface area contributed by atoms with Crippen molar-refractivity contribution in [2.24, 2.45) is 5.92 Å². The molecule has 1 N–H and O–H groups in total. The first kappa shape index (κ1) is 16.0. The van der Waals surface area contributed by atoms with Crippen LogP contribution in [0.15, 0.2) is 12.4 Å². The molecule has 5 nitrogen and oxygen atoms in total. The number of ether oxygens (including phenoxy) is 1. The van der Waals surface area contributed by atoms with E-state index in [1.165, 1.54) is 12.8 Å². The Bertz CT molecular complexity index is 418. The predicted octanol–water partition coefficient (Wildman–Crippen LogP) is 2.48. The van der Waals surface area contributed by atoms with E-state index in [2.05, 4.69) is 27.1 Å². The Morgan fingerprint density at radius 3 is 2.95 bits per heavy atom. The van der Waals surface area contributed by atoms with Gasteiger partial charge >= 0.3 is 0 Å². The maximum Gasteiger partial charge on any atom is 0.234 e. The molecule has 2 rings (SSSR count). The highest BCUT2D eigenvalue weighted by atomic mass is 16.5. The van der Waals surface area contributed by atoms with Crippen molar-refractivity contribution in [3.8, 4) is 5.88 Å². The smallest absolute Gasteiger partial charge is 0.234 e. The van der Waals surface area contributed by atoms with Crippen LogP contribution in [0.5, 0.6) is 5.88 Å². The van der Waals surface area contributed by atoms with E-state index in [-0.39, 0.29) is 6.10 Å². The zero-order chi connectivity index (χ0) is 15.1. The van der Waals surface area contributed by atoms with Crippen LogP contribution in [-0.4, -0.2) is 42.3 Å². The molecule has 0 aromatic carbocycles. The molecular formula is C16H28N4O. The van der Waals surface area contributed by atoms with Gasteiger partial charge in [-0.1, -0.05) is 6.92 Å². The quantitative estimate of drug-likeness (QED) is 0.836. The molecule has 1 atom stereocenters. The number of rotatable bonds is 7. The van der Waals surface area contributed by atoms with Gasteiger partial charge in [-0.3, -0.25) is 4.98 Å². The molecule has 5 heteroatoms. The largest absolute Gasteiger partial charge is 0.474 e. The second-order valence-corrected chi connectivity index (χ2v) is 6.04. The van der Waals surface area contributed by atoms with Crippen LogP contribution >= 0.6 is 0 Å². The maximum atomic E-state index is 5.66. The zero-order valence-electron chi connectivity index (χ0n) is 13.5. The summed E-state index contributed by atoms with van der Waals surface area (Å²) in [6.45, 7) is 10.5. The van der Waals surface area contributed by atoms with Crippen molar-refractivity contribution in [2.75, 3.05) is 31.1 Å². The standard InChI is InChI=1S/C16H28N4O/c1-4-8-20(12-14-6-5-7-17-9-14)15-10-18-11-16(19-15)21-13(2)3/h10-11,13-14,17H,4-9,12H2,1-3H3. The monoisotopic (exact) mass is 292 g/mol. The van der Waals surface area contributed by atoms with Crippen LogP contribution in [0.1, 0.15) is 40.0 Å². The van der Waals surface area contributed by atoms with E-state index >= 15 is 0 Å². The van der Waals surface area contributed by atoms with Gasteiger partial charge in [0, 0.05) is 13.1 Å². The van der Waals surface area contributed by atoms with Gasteiger partial charge in [-0.15, -0.1) is 0 Å². The topological polar surface area (TPSA) is 50.3 Å². The molecule has 0 bridgehead atoms. The fraction of sp³-hybridized carbons (Fsp3) is 0.750. The van der Waals surface area contributed by atoms with Crippen molar-refractivity contribution in [1.82, 2.24) is 15.3 Å². The summed E-state index contributed by atoms with van der Waals surface area (Å²) in [6.07, 6.45) is 7.33. The predicted molar refractivity (Wildman–Crippen MR) is 85.9 cm³/mol. The fourth-order valence-electron chi connectivity index (χ4n) is 2.75. The molecular weight excluding hydrogens is 264 g/mol. The van der Waals surface area contributed by atoms with Gasteiger partial charge in [-0.05, 0) is 52.1 Å². The van der Waals surface area contributed by atoms with Crippen molar-refractivity contribution >= 4 is 5.82 Å². The lowest BCUT2D eigenvalue weighted by molar-refractivity contribution is 0.231. The van der Waals surface area contributed by atoms with Gasteiger partial charge in [0.25, 0.3) is 0 Å². The highest BCUT2D eigenvalue weighted by Gasteiger charge is 2.18. The molecule has 1 aromatic rings. The van der Waals surface area contributed by atoms with Crippen LogP contribution < -0.4 is 15.0 Å². The van der Waals surface area contributed by atoms with Crippen LogP contribution in [-0.2, 0) is 0 Å². The molecule has 21 heavy (non-hydrogen) atoms. The van der Waals surface area contributed by atoms with Crippen LogP contribution in [0.2, 0.25) is 0 Å². The summed E-state index contributed by atoms with van der Waals surface area (Å²) in [7, 11) is 0. The second kappa shape index (κ2) is 8.17. The molecule has 0 spiro atoms. The number of nitrogens with one attached hydrogen (secondary N) is 1. The first-order chi connectivity index (χ1) is 10.2. The van der Waals surface area contributed by atoms with Gasteiger partial charge in [-0.25, -0.2) is 0 Å². The number of hydrogen-bond acceptors (Lipinski definition) is 5. The van der Waals surface area contributed by atoms with Crippen LogP contribution in [0.3, 0.4) is 0 Å². The SMILES string of the molecule is CCCN(CC1CCCNC1)c1cncc(OC(C)C)n1. The fourth-order valence-corrected chi connectivity index (χ4v) is 2.75.